The van der Waals surface area contributed by atoms with Gasteiger partial charge in [0.25, 0.3) is 0 Å². The number of nitro benzene ring substituents is 1. The molecular weight excluding hydrogens is 244 g/mol. The van der Waals surface area contributed by atoms with Gasteiger partial charge in [0.2, 0.25) is 0 Å². The third kappa shape index (κ3) is 3.88. The molecule has 0 aliphatic carbocycles. The van der Waals surface area contributed by atoms with E-state index in [0.717, 1.165) is 6.42 Å². The maximum absolute atomic E-state index is 11.2. The molecule has 0 saturated carbocycles. The Morgan fingerprint density at radius 2 is 2.21 bits per heavy atom. The monoisotopic (exact) mass is 262 g/mol. The summed E-state index contributed by atoms with van der Waals surface area (Å²) in [5.41, 5.74) is -0.394. The Labute approximate surface area is 113 Å². The number of para-hydroxylation sites is 1. The first-order chi connectivity index (χ1) is 8.91. The smallest absolute Gasteiger partial charge is 0.333 e. The Balaban J connectivity index is 3.17. The Kier molecular flexibility index (Phi) is 4.76. The second-order valence-electron chi connectivity index (χ2n) is 4.65. The van der Waals surface area contributed by atoms with Gasteiger partial charge in [-0.25, -0.2) is 0 Å². The number of nitrogens with one attached hydrogen (secondary N) is 1. The summed E-state index contributed by atoms with van der Waals surface area (Å²) in [6, 6.07) is 4.91. The van der Waals surface area contributed by atoms with Crippen molar-refractivity contribution in [1.82, 2.24) is 0 Å². The first kappa shape index (κ1) is 14.8. The molecule has 1 aromatic rings. The van der Waals surface area contributed by atoms with E-state index in [-0.39, 0.29) is 11.4 Å². The van der Waals surface area contributed by atoms with Gasteiger partial charge >= 0.3 is 5.69 Å². The Hall–Kier alpha value is -2.22. The minimum atomic E-state index is -0.672. The number of nitro groups is 1. The van der Waals surface area contributed by atoms with Crippen LogP contribution in [-0.4, -0.2) is 17.1 Å². The van der Waals surface area contributed by atoms with E-state index in [4.69, 9.17) is 11.2 Å². The van der Waals surface area contributed by atoms with Crippen LogP contribution < -0.4 is 10.1 Å². The van der Waals surface area contributed by atoms with E-state index in [2.05, 4.69) is 11.2 Å². The number of ether oxygens (including phenoxy) is 1. The van der Waals surface area contributed by atoms with Crippen LogP contribution in [0.1, 0.15) is 27.2 Å². The molecule has 5 nitrogen and oxygen atoms in total. The molecule has 0 aliphatic heterocycles. The lowest BCUT2D eigenvalue weighted by atomic mass is 10.1. The Bertz CT molecular complexity index is 504. The first-order valence-electron chi connectivity index (χ1n) is 6.07. The number of nitrogens with zero attached hydrogens (tertiary/aromatic N) is 1. The van der Waals surface area contributed by atoms with E-state index in [0.29, 0.717) is 12.3 Å². The second kappa shape index (κ2) is 6.10. The van der Waals surface area contributed by atoms with E-state index in [1.54, 1.807) is 32.0 Å². The molecule has 0 aromatic heterocycles. The highest BCUT2D eigenvalue weighted by molar-refractivity contribution is 5.69. The zero-order chi connectivity index (χ0) is 14.5. The van der Waals surface area contributed by atoms with Crippen LogP contribution in [0, 0.1) is 22.5 Å². The van der Waals surface area contributed by atoms with Crippen LogP contribution in [0.4, 0.5) is 11.4 Å². The zero-order valence-corrected chi connectivity index (χ0v) is 11.4. The summed E-state index contributed by atoms with van der Waals surface area (Å²) < 4.78 is 5.40. The molecule has 102 valence electrons. The van der Waals surface area contributed by atoms with Gasteiger partial charge in [-0.2, -0.15) is 0 Å². The van der Waals surface area contributed by atoms with Crippen LogP contribution in [0.15, 0.2) is 18.2 Å². The number of anilines is 1. The molecule has 0 bridgehead atoms. The highest BCUT2D eigenvalue weighted by Crippen LogP contribution is 2.36. The molecule has 1 aromatic carbocycles. The summed E-state index contributed by atoms with van der Waals surface area (Å²) in [6.07, 6.45) is 6.17. The molecule has 0 radical (unpaired) electrons. The molecule has 0 atom stereocenters. The molecule has 0 spiro atoms. The van der Waals surface area contributed by atoms with E-state index < -0.39 is 10.5 Å². The predicted octanol–water partition coefficient (Wildman–Crippen LogP) is 3.21. The fraction of sp³-hybridized carbons (Fsp3) is 0.429. The maximum Gasteiger partial charge on any atom is 0.333 e. The van der Waals surface area contributed by atoms with Crippen LogP contribution in [0.2, 0.25) is 0 Å². The molecule has 0 saturated heterocycles. The molecule has 0 aliphatic rings. The minimum Gasteiger partial charge on any atom is -0.487 e. The third-order valence-electron chi connectivity index (χ3n) is 2.45. The zero-order valence-electron chi connectivity index (χ0n) is 11.4. The van der Waals surface area contributed by atoms with Crippen molar-refractivity contribution in [3.63, 3.8) is 0 Å². The highest BCUT2D eigenvalue weighted by Gasteiger charge is 2.24. The summed E-state index contributed by atoms with van der Waals surface area (Å²) >= 11 is 0. The summed E-state index contributed by atoms with van der Waals surface area (Å²) in [5.74, 6) is 2.80. The van der Waals surface area contributed by atoms with Gasteiger partial charge in [0.1, 0.15) is 5.69 Å². The van der Waals surface area contributed by atoms with E-state index in [1.165, 1.54) is 0 Å². The number of benzene rings is 1. The van der Waals surface area contributed by atoms with Gasteiger partial charge in [-0.05, 0) is 32.4 Å². The largest absolute Gasteiger partial charge is 0.487 e. The lowest BCUT2D eigenvalue weighted by Gasteiger charge is -2.21. The molecule has 5 heteroatoms. The molecule has 19 heavy (non-hydrogen) atoms. The fourth-order valence-corrected chi connectivity index (χ4v) is 1.51. The topological polar surface area (TPSA) is 64.4 Å². The lowest BCUT2D eigenvalue weighted by Crippen LogP contribution is -2.28. The van der Waals surface area contributed by atoms with Crippen molar-refractivity contribution < 1.29 is 9.66 Å². The van der Waals surface area contributed by atoms with Gasteiger partial charge in [0, 0.05) is 0 Å². The summed E-state index contributed by atoms with van der Waals surface area (Å²) in [7, 11) is 0. The van der Waals surface area contributed by atoms with Gasteiger partial charge < -0.3 is 10.1 Å². The van der Waals surface area contributed by atoms with Gasteiger partial charge in [-0.1, -0.05) is 18.9 Å². The predicted molar refractivity (Wildman–Crippen MR) is 75.4 cm³/mol. The van der Waals surface area contributed by atoms with Crippen molar-refractivity contribution in [1.29, 1.82) is 0 Å². The van der Waals surface area contributed by atoms with Crippen molar-refractivity contribution in [3.05, 3.63) is 28.3 Å². The molecule has 0 fully saturated rings. The fourth-order valence-electron chi connectivity index (χ4n) is 1.51. The standard InChI is InChI=1S/C14H18N2O3/c1-5-10-19-12-9-7-8-11(13(12)16(17)18)15-14(3,4)6-2/h2,7-9,15H,5,10H2,1,3-4H3. The van der Waals surface area contributed by atoms with Crippen molar-refractivity contribution in [2.45, 2.75) is 32.7 Å². The number of hydrogen-bond donors (Lipinski definition) is 1. The number of hydrogen-bond acceptors (Lipinski definition) is 4. The van der Waals surface area contributed by atoms with Crippen LogP contribution in [0.25, 0.3) is 0 Å². The lowest BCUT2D eigenvalue weighted by molar-refractivity contribution is -0.385. The quantitative estimate of drug-likeness (QED) is 0.485. The summed E-state index contributed by atoms with van der Waals surface area (Å²) in [6.45, 7) is 5.92. The minimum absolute atomic E-state index is 0.0840. The van der Waals surface area contributed by atoms with E-state index in [1.807, 2.05) is 6.92 Å². The van der Waals surface area contributed by atoms with Crippen LogP contribution in [-0.2, 0) is 0 Å². The van der Waals surface area contributed by atoms with Crippen molar-refractivity contribution in [3.8, 4) is 18.1 Å². The van der Waals surface area contributed by atoms with Gasteiger partial charge in [0.05, 0.1) is 17.1 Å². The molecule has 0 heterocycles. The summed E-state index contributed by atoms with van der Waals surface area (Å²) in [5, 5.41) is 14.2. The van der Waals surface area contributed by atoms with Crippen molar-refractivity contribution in [2.24, 2.45) is 0 Å². The molecule has 0 amide bonds. The number of rotatable bonds is 6. The Morgan fingerprint density at radius 3 is 2.74 bits per heavy atom. The van der Waals surface area contributed by atoms with Gasteiger partial charge in [0.15, 0.2) is 5.75 Å². The van der Waals surface area contributed by atoms with Crippen LogP contribution in [0.3, 0.4) is 0 Å². The molecule has 1 rings (SSSR count). The van der Waals surface area contributed by atoms with Crippen LogP contribution in [0.5, 0.6) is 5.75 Å². The SMILES string of the molecule is C#CC(C)(C)Nc1cccc(OCCC)c1[N+](=O)[O-]. The maximum atomic E-state index is 11.2. The normalized spacial score (nSPS) is 10.6. The molecule has 1 N–H and O–H groups in total. The highest BCUT2D eigenvalue weighted by atomic mass is 16.6. The molecular formula is C14H18N2O3. The van der Waals surface area contributed by atoms with Crippen molar-refractivity contribution in [2.75, 3.05) is 11.9 Å². The average Bonchev–Trinajstić information content (AvgIpc) is 2.35. The third-order valence-corrected chi connectivity index (χ3v) is 2.45. The Morgan fingerprint density at radius 1 is 1.53 bits per heavy atom. The van der Waals surface area contributed by atoms with Crippen LogP contribution >= 0.6 is 0 Å². The second-order valence-corrected chi connectivity index (χ2v) is 4.65. The van der Waals surface area contributed by atoms with Gasteiger partial charge in [-0.3, -0.25) is 10.1 Å². The van der Waals surface area contributed by atoms with E-state index >= 15 is 0 Å². The average molecular weight is 262 g/mol. The molecule has 0 unspecified atom stereocenters. The van der Waals surface area contributed by atoms with Gasteiger partial charge in [-0.15, -0.1) is 6.42 Å². The first-order valence-corrected chi connectivity index (χ1v) is 6.07. The van der Waals surface area contributed by atoms with Crippen molar-refractivity contribution >= 4 is 11.4 Å². The summed E-state index contributed by atoms with van der Waals surface area (Å²) in [4.78, 5) is 10.8. The number of terminal acetylenes is 1. The van der Waals surface area contributed by atoms with E-state index in [9.17, 15) is 10.1 Å².